The molecule has 8 aromatic rings. The number of hydrogen-bond donors (Lipinski definition) is 0. The smallest absolute Gasteiger partial charge is 0.109 e. The third kappa shape index (κ3) is 19.7. The Labute approximate surface area is 563 Å². The van der Waals surface area contributed by atoms with Gasteiger partial charge < -0.3 is 24.8 Å². The first-order chi connectivity index (χ1) is 39.7. The molecule has 0 fully saturated rings. The Morgan fingerprint density at radius 1 is 0.349 bits per heavy atom. The van der Waals surface area contributed by atoms with Gasteiger partial charge in [-0.3, -0.25) is 12.2 Å². The van der Waals surface area contributed by atoms with Crippen molar-refractivity contribution in [2.45, 2.75) is 157 Å². The van der Waals surface area contributed by atoms with Crippen LogP contribution in [0.1, 0.15) is 140 Å². The molecule has 0 amide bonds. The van der Waals surface area contributed by atoms with E-state index in [0.717, 1.165) is 25.7 Å². The second-order valence-electron chi connectivity index (χ2n) is 26.8. The molecule has 0 spiro atoms. The molecule has 0 radical (unpaired) electrons. The van der Waals surface area contributed by atoms with Crippen LogP contribution >= 0.6 is 0 Å². The van der Waals surface area contributed by atoms with E-state index >= 15 is 0 Å². The first-order valence-corrected chi connectivity index (χ1v) is 42.3. The molecular formula is C80H88Cl2Si2Zr2-2. The maximum atomic E-state index is 3.88. The molecule has 6 heteroatoms. The quantitative estimate of drug-likeness (QED) is 0.122. The minimum atomic E-state index is 0. The minimum absolute atomic E-state index is 0. The first kappa shape index (κ1) is 72.2. The van der Waals surface area contributed by atoms with Gasteiger partial charge in [0.25, 0.3) is 0 Å². The van der Waals surface area contributed by atoms with Crippen molar-refractivity contribution in [3.63, 3.8) is 0 Å². The van der Waals surface area contributed by atoms with E-state index < -0.39 is 0 Å². The predicted octanol–water partition coefficient (Wildman–Crippen LogP) is 16.2. The van der Waals surface area contributed by atoms with Crippen LogP contribution < -0.4 is 24.8 Å². The maximum absolute atomic E-state index is 3.88. The van der Waals surface area contributed by atoms with Gasteiger partial charge in [0, 0.05) is 0 Å². The molecular weight excluding hydrogens is 1270 g/mol. The Morgan fingerprint density at radius 3 is 0.849 bits per heavy atom. The van der Waals surface area contributed by atoms with Crippen molar-refractivity contribution in [3.8, 4) is 66.8 Å². The van der Waals surface area contributed by atoms with E-state index in [9.17, 15) is 0 Å². The van der Waals surface area contributed by atoms with Crippen molar-refractivity contribution in [2.24, 2.45) is 0 Å². The van der Waals surface area contributed by atoms with Crippen LogP contribution in [0.3, 0.4) is 0 Å². The Balaban J connectivity index is 0.000000239. The van der Waals surface area contributed by atoms with Gasteiger partial charge in [-0.25, -0.2) is 24.3 Å². The van der Waals surface area contributed by atoms with Crippen LogP contribution in [-0.2, 0) is 81.2 Å². The number of rotatable bonds is 4. The molecule has 0 N–H and O–H groups in total. The van der Waals surface area contributed by atoms with E-state index in [1.54, 1.807) is 46.7 Å². The van der Waals surface area contributed by atoms with Gasteiger partial charge in [-0.1, -0.05) is 262 Å². The Kier molecular flexibility index (Phi) is 27.1. The molecule has 0 aromatic heterocycles. The first-order valence-electron chi connectivity index (χ1n) is 30.0. The van der Waals surface area contributed by atoms with Gasteiger partial charge >= 0.3 is 83.7 Å². The summed E-state index contributed by atoms with van der Waals surface area (Å²) in [6.07, 6.45) is 21.9. The van der Waals surface area contributed by atoms with Crippen molar-refractivity contribution in [1.29, 1.82) is 0 Å². The number of hydrogen-bond acceptors (Lipinski definition) is 0. The molecule has 440 valence electrons. The summed E-state index contributed by atoms with van der Waals surface area (Å²) in [6.45, 7) is 37.0. The van der Waals surface area contributed by atoms with Crippen LogP contribution in [0.4, 0.5) is 0 Å². The second-order valence-corrected chi connectivity index (χ2v) is 45.6. The molecule has 0 bridgehead atoms. The third-order valence-electron chi connectivity index (χ3n) is 14.8. The fraction of sp³-hybridized carbons (Fsp3) is 0.300. The van der Waals surface area contributed by atoms with Crippen LogP contribution in [0.25, 0.3) is 66.8 Å². The zero-order valence-corrected chi connectivity index (χ0v) is 62.5. The average molecular weight is 1360 g/mol. The Morgan fingerprint density at radius 2 is 0.616 bits per heavy atom. The summed E-state index contributed by atoms with van der Waals surface area (Å²) >= 11 is 3.48. The molecule has 4 aliphatic carbocycles. The summed E-state index contributed by atoms with van der Waals surface area (Å²) in [4.78, 5) is 0. The van der Waals surface area contributed by atoms with Gasteiger partial charge in [-0.05, 0) is 79.0 Å². The molecule has 8 aromatic carbocycles. The largest absolute Gasteiger partial charge is 1.00 e. The zero-order chi connectivity index (χ0) is 61.0. The van der Waals surface area contributed by atoms with E-state index in [2.05, 4.69) is 303 Å². The molecule has 4 aliphatic rings. The van der Waals surface area contributed by atoms with Crippen LogP contribution in [-0.4, -0.2) is 10.9 Å². The molecule has 86 heavy (non-hydrogen) atoms. The fourth-order valence-corrected chi connectivity index (χ4v) is 10.9. The van der Waals surface area contributed by atoms with Crippen LogP contribution in [0.5, 0.6) is 0 Å². The van der Waals surface area contributed by atoms with Gasteiger partial charge in [0.15, 0.2) is 0 Å². The van der Waals surface area contributed by atoms with Crippen molar-refractivity contribution in [1.82, 2.24) is 0 Å². The average Bonchev–Trinajstić information content (AvgIpc) is 2.96. The molecule has 0 saturated carbocycles. The summed E-state index contributed by atoms with van der Waals surface area (Å²) in [5.74, 6) is 0. The van der Waals surface area contributed by atoms with Crippen LogP contribution in [0.15, 0.2) is 194 Å². The third-order valence-corrected chi connectivity index (χ3v) is 14.8. The van der Waals surface area contributed by atoms with Gasteiger partial charge in [0.1, 0.15) is 0 Å². The summed E-state index contributed by atoms with van der Waals surface area (Å²) in [5, 5.41) is 0. The van der Waals surface area contributed by atoms with E-state index in [-0.39, 0.29) is 57.3 Å². The number of halogens is 2. The second kappa shape index (κ2) is 32.3. The molecule has 0 saturated heterocycles. The Bertz CT molecular complexity index is 3210. The monoisotopic (exact) mass is 1350 g/mol. The molecule has 0 nitrogen and oxygen atoms in total. The maximum Gasteiger partial charge on any atom is -0.109 e. The van der Waals surface area contributed by atoms with Crippen molar-refractivity contribution < 1.29 is 71.5 Å². The van der Waals surface area contributed by atoms with Crippen molar-refractivity contribution >= 4 is 10.9 Å². The summed E-state index contributed by atoms with van der Waals surface area (Å²) < 4.78 is 0. The zero-order valence-electron chi connectivity index (χ0n) is 54.1. The van der Waals surface area contributed by atoms with Crippen LogP contribution in [0, 0.1) is 24.3 Å². The standard InChI is InChI=1S/2C33H33.2C5H5.2C2H6Si.2ClH.2Zr/c2*1-32(2,3)30-20-26-24(18-28(30)22-13-9-7-10-14-22)17-25-19-29(23-15-11-8-12-16-23)31(21-27(25)26)33(4,5)6;2*1-2-4-5-3-1;2*1-3-2;;;;/h2*7-16,18,20-21H,17H2,1-6H3;2*1-3H,4H2;2*1-2H3;2*1H;;/q4*-1;;;;;2*+2/p-2. The summed E-state index contributed by atoms with van der Waals surface area (Å²) in [6, 6.07) is 65.7. The van der Waals surface area contributed by atoms with E-state index in [0.29, 0.717) is 0 Å². The molecule has 12 rings (SSSR count). The predicted molar refractivity (Wildman–Crippen MR) is 362 cm³/mol. The van der Waals surface area contributed by atoms with Gasteiger partial charge in [-0.2, -0.15) is 12.2 Å². The fourth-order valence-electron chi connectivity index (χ4n) is 10.9. The number of benzene rings is 8. The summed E-state index contributed by atoms with van der Waals surface area (Å²) in [5.41, 5.74) is 27.4. The van der Waals surface area contributed by atoms with E-state index in [1.807, 2.05) is 24.3 Å². The van der Waals surface area contributed by atoms with Gasteiger partial charge in [0.2, 0.25) is 0 Å². The van der Waals surface area contributed by atoms with E-state index in [4.69, 9.17) is 0 Å². The molecule has 0 atom stereocenters. The van der Waals surface area contributed by atoms with Gasteiger partial charge in [0.05, 0.1) is 0 Å². The SMILES string of the molecule is CC(C)(C)c1cc2c([c-]c1-c1ccccc1)Cc1cc(-c3ccccc3)c(C(C)(C)C)cc1-2.CC(C)(C)c1cc2c([c-]c1-c1ccccc1)Cc1cc(-c3ccccc3)c(C(C)(C)C)cc1-2.C[Si](C)=[Zr+2].C[Si](C)=[Zr+2].[C-]1=CC=CC1.[C-]1=CC=CC1.[Cl-].[Cl-]. The van der Waals surface area contributed by atoms with Crippen molar-refractivity contribution in [3.05, 3.63) is 263 Å². The number of fused-ring (bicyclic) bond motifs is 6. The normalized spacial score (nSPS) is 12.7. The molecule has 0 unspecified atom stereocenters. The topological polar surface area (TPSA) is 0 Å². The van der Waals surface area contributed by atoms with E-state index in [1.165, 1.54) is 111 Å². The minimum Gasteiger partial charge on any atom is -1.00 e. The molecule has 0 heterocycles. The van der Waals surface area contributed by atoms with Crippen LogP contribution in [0.2, 0.25) is 26.2 Å². The number of allylic oxidation sites excluding steroid dienone is 8. The van der Waals surface area contributed by atoms with Gasteiger partial charge in [-0.15, -0.1) is 70.5 Å². The Hall–Kier alpha value is -4.50. The molecule has 0 aliphatic heterocycles. The van der Waals surface area contributed by atoms with Crippen molar-refractivity contribution in [2.75, 3.05) is 0 Å². The summed E-state index contributed by atoms with van der Waals surface area (Å²) in [7, 11) is 0.